The summed E-state index contributed by atoms with van der Waals surface area (Å²) < 4.78 is 6.31. The molecule has 0 aliphatic carbocycles. The summed E-state index contributed by atoms with van der Waals surface area (Å²) in [7, 11) is 0. The standard InChI is InChI=1S/C21H23Cl2NO4/c1-21(24-19(26)9-10-25)11-17(13-5-7-14(22)8-6-13)28-18(12-21)15-3-2-4-16(23)20(15)27/h2-8,17-18,25,27H,9-12H2,1H3,(H,24,26)/t17-,18+,21+/m0/s1. The molecular weight excluding hydrogens is 401 g/mol. The lowest BCUT2D eigenvalue weighted by atomic mass is 9.81. The van der Waals surface area contributed by atoms with E-state index in [0.29, 0.717) is 23.4 Å². The van der Waals surface area contributed by atoms with Gasteiger partial charge in [0.2, 0.25) is 5.91 Å². The lowest BCUT2D eigenvalue weighted by Gasteiger charge is -2.43. The van der Waals surface area contributed by atoms with E-state index in [4.69, 9.17) is 33.0 Å². The van der Waals surface area contributed by atoms with Gasteiger partial charge >= 0.3 is 0 Å². The van der Waals surface area contributed by atoms with Crippen molar-refractivity contribution in [2.24, 2.45) is 0 Å². The molecule has 5 nitrogen and oxygen atoms in total. The normalized spacial score (nSPS) is 24.7. The minimum absolute atomic E-state index is 0.0186. The molecule has 0 aromatic heterocycles. The summed E-state index contributed by atoms with van der Waals surface area (Å²) in [6.07, 6.45) is 0.266. The van der Waals surface area contributed by atoms with Crippen molar-refractivity contribution in [2.45, 2.75) is 43.9 Å². The largest absolute Gasteiger partial charge is 0.506 e. The van der Waals surface area contributed by atoms with Crippen LogP contribution in [0, 0.1) is 0 Å². The highest BCUT2D eigenvalue weighted by molar-refractivity contribution is 6.32. The van der Waals surface area contributed by atoms with Gasteiger partial charge in [0.25, 0.3) is 0 Å². The molecule has 0 saturated carbocycles. The van der Waals surface area contributed by atoms with E-state index in [1.807, 2.05) is 19.1 Å². The Bertz CT molecular complexity index is 843. The Balaban J connectivity index is 1.94. The number of amides is 1. The van der Waals surface area contributed by atoms with Crippen molar-refractivity contribution in [2.75, 3.05) is 6.61 Å². The van der Waals surface area contributed by atoms with Crippen molar-refractivity contribution >= 4 is 29.1 Å². The Morgan fingerprint density at radius 2 is 1.86 bits per heavy atom. The molecule has 1 heterocycles. The number of halogens is 2. The number of nitrogens with one attached hydrogen (secondary N) is 1. The molecule has 7 heteroatoms. The number of hydrogen-bond donors (Lipinski definition) is 3. The third-order valence-electron chi connectivity index (χ3n) is 4.99. The van der Waals surface area contributed by atoms with E-state index in [2.05, 4.69) is 5.32 Å². The van der Waals surface area contributed by atoms with Gasteiger partial charge in [0.1, 0.15) is 5.75 Å². The molecule has 1 fully saturated rings. The molecule has 1 aliphatic heterocycles. The van der Waals surface area contributed by atoms with E-state index < -0.39 is 11.6 Å². The molecule has 1 aliphatic rings. The number of phenols is 1. The average Bonchev–Trinajstić information content (AvgIpc) is 2.64. The summed E-state index contributed by atoms with van der Waals surface area (Å²) in [5, 5.41) is 23.4. The predicted octanol–water partition coefficient (Wildman–Crippen LogP) is 4.55. The third-order valence-corrected chi connectivity index (χ3v) is 5.54. The summed E-state index contributed by atoms with van der Waals surface area (Å²) in [5.74, 6) is -0.245. The number of benzene rings is 2. The minimum Gasteiger partial charge on any atom is -0.506 e. The zero-order chi connectivity index (χ0) is 20.3. The molecule has 3 atom stereocenters. The van der Waals surface area contributed by atoms with E-state index in [1.165, 1.54) is 0 Å². The van der Waals surface area contributed by atoms with E-state index in [0.717, 1.165) is 5.56 Å². The van der Waals surface area contributed by atoms with Crippen LogP contribution < -0.4 is 5.32 Å². The number of phenolic OH excluding ortho intramolecular Hbond substituents is 1. The predicted molar refractivity (Wildman–Crippen MR) is 109 cm³/mol. The van der Waals surface area contributed by atoms with Crippen molar-refractivity contribution < 1.29 is 19.7 Å². The van der Waals surface area contributed by atoms with Crippen molar-refractivity contribution in [3.63, 3.8) is 0 Å². The molecular formula is C21H23Cl2NO4. The van der Waals surface area contributed by atoms with Crippen molar-refractivity contribution in [1.29, 1.82) is 0 Å². The SMILES string of the molecule is C[C@@]1(NC(=O)CCO)C[C@@H](c2ccc(Cl)cc2)O[C@@H](c2cccc(Cl)c2O)C1. The van der Waals surface area contributed by atoms with E-state index in [9.17, 15) is 9.90 Å². The van der Waals surface area contributed by atoms with Gasteiger partial charge in [-0.25, -0.2) is 0 Å². The molecule has 0 radical (unpaired) electrons. The molecule has 2 aromatic carbocycles. The molecule has 3 N–H and O–H groups in total. The molecule has 1 amide bonds. The number of aromatic hydroxyl groups is 1. The van der Waals surface area contributed by atoms with Crippen LogP contribution in [0.4, 0.5) is 0 Å². The molecule has 0 spiro atoms. The van der Waals surface area contributed by atoms with Gasteiger partial charge in [0.05, 0.1) is 23.8 Å². The van der Waals surface area contributed by atoms with Crippen molar-refractivity contribution in [1.82, 2.24) is 5.32 Å². The van der Waals surface area contributed by atoms with Gasteiger partial charge in [0.15, 0.2) is 0 Å². The summed E-state index contributed by atoms with van der Waals surface area (Å²) in [4.78, 5) is 12.2. The Morgan fingerprint density at radius 3 is 2.54 bits per heavy atom. The molecule has 2 aromatic rings. The van der Waals surface area contributed by atoms with Gasteiger partial charge in [-0.05, 0) is 30.7 Å². The lowest BCUT2D eigenvalue weighted by Crippen LogP contribution is -2.51. The zero-order valence-electron chi connectivity index (χ0n) is 15.5. The second kappa shape index (κ2) is 8.70. The molecule has 0 unspecified atom stereocenters. The van der Waals surface area contributed by atoms with Crippen molar-refractivity contribution in [3.8, 4) is 5.75 Å². The van der Waals surface area contributed by atoms with Crippen LogP contribution in [0.5, 0.6) is 5.75 Å². The first kappa shape index (κ1) is 20.9. The molecule has 150 valence electrons. The number of carbonyl (C=O) groups excluding carboxylic acids is 1. The first-order valence-corrected chi connectivity index (χ1v) is 9.87. The van der Waals surface area contributed by atoms with Gasteiger partial charge in [-0.15, -0.1) is 0 Å². The highest BCUT2D eigenvalue weighted by Crippen LogP contribution is 2.46. The minimum atomic E-state index is -0.589. The van der Waals surface area contributed by atoms with Gasteiger partial charge in [-0.3, -0.25) is 4.79 Å². The Morgan fingerprint density at radius 1 is 1.18 bits per heavy atom. The molecule has 3 rings (SSSR count). The van der Waals surface area contributed by atoms with Crippen LogP contribution in [-0.4, -0.2) is 28.3 Å². The number of para-hydroxylation sites is 1. The maximum absolute atomic E-state index is 12.2. The fraction of sp³-hybridized carbons (Fsp3) is 0.381. The lowest BCUT2D eigenvalue weighted by molar-refractivity contribution is -0.129. The third kappa shape index (κ3) is 4.78. The number of rotatable bonds is 5. The zero-order valence-corrected chi connectivity index (χ0v) is 17.0. The fourth-order valence-corrected chi connectivity index (χ4v) is 3.96. The first-order chi connectivity index (χ1) is 13.3. The Labute approximate surface area is 174 Å². The van der Waals surface area contributed by atoms with Gasteiger partial charge < -0.3 is 20.3 Å². The Kier molecular flexibility index (Phi) is 6.50. The van der Waals surface area contributed by atoms with Gasteiger partial charge in [-0.2, -0.15) is 0 Å². The van der Waals surface area contributed by atoms with Crippen LogP contribution in [0.15, 0.2) is 42.5 Å². The monoisotopic (exact) mass is 423 g/mol. The highest BCUT2D eigenvalue weighted by atomic mass is 35.5. The summed E-state index contributed by atoms with van der Waals surface area (Å²) in [6, 6.07) is 12.5. The second-order valence-corrected chi connectivity index (χ2v) is 8.18. The quantitative estimate of drug-likeness (QED) is 0.658. The van der Waals surface area contributed by atoms with Gasteiger partial charge in [0, 0.05) is 35.4 Å². The smallest absolute Gasteiger partial charge is 0.222 e. The number of carbonyl (C=O) groups is 1. The van der Waals surface area contributed by atoms with Crippen LogP contribution in [0.1, 0.15) is 49.5 Å². The number of aliphatic hydroxyl groups is 1. The van der Waals surface area contributed by atoms with Crippen LogP contribution in [0.2, 0.25) is 10.0 Å². The van der Waals surface area contributed by atoms with Crippen LogP contribution in [-0.2, 0) is 9.53 Å². The van der Waals surface area contributed by atoms with E-state index in [-0.39, 0.29) is 35.8 Å². The molecule has 28 heavy (non-hydrogen) atoms. The average molecular weight is 424 g/mol. The second-order valence-electron chi connectivity index (χ2n) is 7.33. The number of hydrogen-bond acceptors (Lipinski definition) is 4. The van der Waals surface area contributed by atoms with Crippen LogP contribution in [0.3, 0.4) is 0 Å². The first-order valence-electron chi connectivity index (χ1n) is 9.11. The maximum Gasteiger partial charge on any atom is 0.222 e. The molecule has 0 bridgehead atoms. The number of aliphatic hydroxyl groups excluding tert-OH is 1. The topological polar surface area (TPSA) is 78.8 Å². The van der Waals surface area contributed by atoms with Gasteiger partial charge in [-0.1, -0.05) is 47.5 Å². The Hall–Kier alpha value is -1.79. The van der Waals surface area contributed by atoms with E-state index >= 15 is 0 Å². The number of ether oxygens (including phenoxy) is 1. The summed E-state index contributed by atoms with van der Waals surface area (Å²) in [5.41, 5.74) is 0.917. The van der Waals surface area contributed by atoms with Crippen LogP contribution >= 0.6 is 23.2 Å². The van der Waals surface area contributed by atoms with Crippen molar-refractivity contribution in [3.05, 3.63) is 63.6 Å². The summed E-state index contributed by atoms with van der Waals surface area (Å²) in [6.45, 7) is 1.74. The van der Waals surface area contributed by atoms with E-state index in [1.54, 1.807) is 30.3 Å². The molecule has 1 saturated heterocycles. The maximum atomic E-state index is 12.2. The fourth-order valence-electron chi connectivity index (χ4n) is 3.65. The van der Waals surface area contributed by atoms with Crippen LogP contribution in [0.25, 0.3) is 0 Å². The highest BCUT2D eigenvalue weighted by Gasteiger charge is 2.41. The summed E-state index contributed by atoms with van der Waals surface area (Å²) >= 11 is 12.1.